The lowest BCUT2D eigenvalue weighted by atomic mass is 10.3. The Morgan fingerprint density at radius 2 is 2.28 bits per heavy atom. The molecule has 0 fully saturated rings. The molecule has 0 unspecified atom stereocenters. The summed E-state index contributed by atoms with van der Waals surface area (Å²) in [5, 5.41) is 18.6. The van der Waals surface area contributed by atoms with Gasteiger partial charge in [0.25, 0.3) is 5.88 Å². The Balaban J connectivity index is 2.08. The molecule has 2 aromatic heterocycles. The van der Waals surface area contributed by atoms with Crippen LogP contribution in [0.1, 0.15) is 11.3 Å². The SMILES string of the molecule is C#Cc1ccc(Oc2n[nH]nc2COCO)nc1. The molecule has 0 atom stereocenters. The second-order valence-electron chi connectivity index (χ2n) is 3.18. The van der Waals surface area contributed by atoms with Crippen molar-refractivity contribution in [3.63, 3.8) is 0 Å². The van der Waals surface area contributed by atoms with Gasteiger partial charge < -0.3 is 14.6 Å². The first-order chi connectivity index (χ1) is 8.83. The third-order valence-corrected chi connectivity index (χ3v) is 2.02. The predicted octanol–water partition coefficient (Wildman–Crippen LogP) is 0.440. The molecule has 92 valence electrons. The van der Waals surface area contributed by atoms with Crippen molar-refractivity contribution in [2.24, 2.45) is 0 Å². The first-order valence-corrected chi connectivity index (χ1v) is 5.02. The van der Waals surface area contributed by atoms with Gasteiger partial charge in [0, 0.05) is 17.8 Å². The summed E-state index contributed by atoms with van der Waals surface area (Å²) < 4.78 is 10.2. The van der Waals surface area contributed by atoms with Crippen LogP contribution < -0.4 is 4.74 Å². The predicted molar refractivity (Wildman–Crippen MR) is 60.5 cm³/mol. The van der Waals surface area contributed by atoms with E-state index in [4.69, 9.17) is 21.0 Å². The van der Waals surface area contributed by atoms with Crippen LogP contribution in [0.25, 0.3) is 0 Å². The van der Waals surface area contributed by atoms with E-state index in [1.807, 2.05) is 0 Å². The van der Waals surface area contributed by atoms with Gasteiger partial charge in [-0.25, -0.2) is 4.98 Å². The van der Waals surface area contributed by atoms with Gasteiger partial charge in [0.2, 0.25) is 5.88 Å². The largest absolute Gasteiger partial charge is 0.417 e. The summed E-state index contributed by atoms with van der Waals surface area (Å²) >= 11 is 0. The fourth-order valence-electron chi connectivity index (χ4n) is 1.19. The van der Waals surface area contributed by atoms with Crippen LogP contribution in [0.4, 0.5) is 0 Å². The van der Waals surface area contributed by atoms with Crippen molar-refractivity contribution in [3.8, 4) is 24.1 Å². The molecule has 0 radical (unpaired) electrons. The highest BCUT2D eigenvalue weighted by molar-refractivity contribution is 5.32. The molecule has 0 spiro atoms. The number of rotatable bonds is 5. The van der Waals surface area contributed by atoms with E-state index >= 15 is 0 Å². The van der Waals surface area contributed by atoms with Gasteiger partial charge in [-0.3, -0.25) is 0 Å². The van der Waals surface area contributed by atoms with Crippen molar-refractivity contribution >= 4 is 0 Å². The number of aliphatic hydroxyl groups is 1. The maximum Gasteiger partial charge on any atom is 0.265 e. The number of hydrogen-bond donors (Lipinski definition) is 2. The zero-order valence-corrected chi connectivity index (χ0v) is 9.33. The molecule has 2 rings (SSSR count). The zero-order valence-electron chi connectivity index (χ0n) is 9.33. The lowest BCUT2D eigenvalue weighted by molar-refractivity contribution is -0.0130. The number of aromatic nitrogens is 4. The van der Waals surface area contributed by atoms with E-state index in [-0.39, 0.29) is 12.5 Å². The molecule has 18 heavy (non-hydrogen) atoms. The summed E-state index contributed by atoms with van der Waals surface area (Å²) in [4.78, 5) is 4.01. The Morgan fingerprint density at radius 1 is 1.39 bits per heavy atom. The number of nitrogens with zero attached hydrogens (tertiary/aromatic N) is 3. The number of nitrogens with one attached hydrogen (secondary N) is 1. The van der Waals surface area contributed by atoms with E-state index in [0.29, 0.717) is 17.1 Å². The molecule has 0 aliphatic rings. The molecule has 0 bridgehead atoms. The van der Waals surface area contributed by atoms with Crippen molar-refractivity contribution in [2.75, 3.05) is 6.79 Å². The Morgan fingerprint density at radius 3 is 2.94 bits per heavy atom. The van der Waals surface area contributed by atoms with E-state index in [1.165, 1.54) is 6.20 Å². The monoisotopic (exact) mass is 246 g/mol. The minimum absolute atomic E-state index is 0.0881. The quantitative estimate of drug-likeness (QED) is 0.587. The third kappa shape index (κ3) is 2.82. The van der Waals surface area contributed by atoms with Crippen LogP contribution in [0.5, 0.6) is 11.8 Å². The van der Waals surface area contributed by atoms with Crippen molar-refractivity contribution in [1.29, 1.82) is 0 Å². The number of aliphatic hydroxyl groups excluding tert-OH is 1. The van der Waals surface area contributed by atoms with E-state index < -0.39 is 6.79 Å². The average Bonchev–Trinajstić information content (AvgIpc) is 2.84. The van der Waals surface area contributed by atoms with Crippen LogP contribution in [0, 0.1) is 12.3 Å². The minimum atomic E-state index is -0.401. The lowest BCUT2D eigenvalue weighted by Crippen LogP contribution is -1.97. The highest BCUT2D eigenvalue weighted by Gasteiger charge is 2.10. The third-order valence-electron chi connectivity index (χ3n) is 2.02. The summed E-state index contributed by atoms with van der Waals surface area (Å²) in [6.45, 7) is -0.313. The first-order valence-electron chi connectivity index (χ1n) is 5.02. The number of terminal acetylenes is 1. The summed E-state index contributed by atoms with van der Waals surface area (Å²) in [5.41, 5.74) is 1.10. The van der Waals surface area contributed by atoms with Crippen LogP contribution in [0.2, 0.25) is 0 Å². The van der Waals surface area contributed by atoms with Gasteiger partial charge in [-0.1, -0.05) is 5.92 Å². The molecule has 2 aromatic rings. The van der Waals surface area contributed by atoms with E-state index in [2.05, 4.69) is 26.3 Å². The number of hydrogen-bond acceptors (Lipinski definition) is 6. The van der Waals surface area contributed by atoms with Crippen molar-refractivity contribution in [2.45, 2.75) is 6.61 Å². The Kier molecular flexibility index (Phi) is 3.86. The van der Waals surface area contributed by atoms with Crippen LogP contribution >= 0.6 is 0 Å². The molecule has 2 N–H and O–H groups in total. The van der Waals surface area contributed by atoms with E-state index in [0.717, 1.165) is 0 Å². The Hall–Kier alpha value is -2.43. The molecule has 2 heterocycles. The fraction of sp³-hybridized carbons (Fsp3) is 0.182. The lowest BCUT2D eigenvalue weighted by Gasteiger charge is -2.02. The topological polar surface area (TPSA) is 93.2 Å². The number of aromatic amines is 1. The van der Waals surface area contributed by atoms with Crippen molar-refractivity contribution < 1.29 is 14.6 Å². The highest BCUT2D eigenvalue weighted by Crippen LogP contribution is 2.19. The van der Waals surface area contributed by atoms with E-state index in [1.54, 1.807) is 12.1 Å². The molecule has 0 saturated carbocycles. The summed E-state index contributed by atoms with van der Waals surface area (Å²) in [7, 11) is 0. The molecule has 0 amide bonds. The van der Waals surface area contributed by atoms with Crippen LogP contribution in [0.3, 0.4) is 0 Å². The fourth-order valence-corrected chi connectivity index (χ4v) is 1.19. The van der Waals surface area contributed by atoms with Gasteiger partial charge in [-0.2, -0.15) is 10.3 Å². The number of H-pyrrole nitrogens is 1. The normalized spacial score (nSPS) is 10.0. The number of pyridine rings is 1. The molecule has 7 heteroatoms. The van der Waals surface area contributed by atoms with Gasteiger partial charge in [-0.15, -0.1) is 11.5 Å². The standard InChI is InChI=1S/C11H10N4O3/c1-2-8-3-4-10(12-5-8)18-11-9(6-17-7-16)13-15-14-11/h1,3-5,16H,6-7H2,(H,13,14,15). The van der Waals surface area contributed by atoms with Crippen LogP contribution in [-0.2, 0) is 11.3 Å². The van der Waals surface area contributed by atoms with Gasteiger partial charge in [0.15, 0.2) is 5.69 Å². The maximum absolute atomic E-state index is 8.55. The van der Waals surface area contributed by atoms with Gasteiger partial charge in [0.1, 0.15) is 6.79 Å². The molecule has 0 aliphatic heterocycles. The second-order valence-corrected chi connectivity index (χ2v) is 3.18. The Labute approximate surface area is 103 Å². The zero-order chi connectivity index (χ0) is 12.8. The molecule has 0 aromatic carbocycles. The van der Waals surface area contributed by atoms with Crippen molar-refractivity contribution in [3.05, 3.63) is 29.6 Å². The van der Waals surface area contributed by atoms with Crippen LogP contribution in [-0.4, -0.2) is 32.3 Å². The molecule has 7 nitrogen and oxygen atoms in total. The van der Waals surface area contributed by atoms with Gasteiger partial charge >= 0.3 is 0 Å². The van der Waals surface area contributed by atoms with Crippen LogP contribution in [0.15, 0.2) is 18.3 Å². The molecular formula is C11H10N4O3. The number of ether oxygens (including phenoxy) is 2. The molecular weight excluding hydrogens is 236 g/mol. The summed E-state index contributed by atoms with van der Waals surface area (Å²) in [5.74, 6) is 3.03. The van der Waals surface area contributed by atoms with Crippen molar-refractivity contribution in [1.82, 2.24) is 20.4 Å². The van der Waals surface area contributed by atoms with Gasteiger partial charge in [-0.05, 0) is 6.07 Å². The summed E-state index contributed by atoms with van der Waals surface area (Å²) in [6, 6.07) is 3.33. The second kappa shape index (κ2) is 5.77. The highest BCUT2D eigenvalue weighted by atomic mass is 16.6. The first kappa shape index (κ1) is 12.0. The smallest absolute Gasteiger partial charge is 0.265 e. The maximum atomic E-state index is 8.55. The minimum Gasteiger partial charge on any atom is -0.417 e. The van der Waals surface area contributed by atoms with Gasteiger partial charge in [0.05, 0.1) is 6.61 Å². The molecule has 0 saturated heterocycles. The summed E-state index contributed by atoms with van der Waals surface area (Å²) in [6.07, 6.45) is 6.73. The van der Waals surface area contributed by atoms with E-state index in [9.17, 15) is 0 Å². The molecule has 0 aliphatic carbocycles. The Bertz CT molecular complexity index is 544. The average molecular weight is 246 g/mol.